The molecule has 3 rings (SSSR count). The molecule has 0 aliphatic heterocycles. The number of amides is 1. The maximum atomic E-state index is 12.3. The van der Waals surface area contributed by atoms with Crippen LogP contribution in [0.3, 0.4) is 0 Å². The van der Waals surface area contributed by atoms with Crippen LogP contribution in [0.15, 0.2) is 52.1 Å². The lowest BCUT2D eigenvalue weighted by Crippen LogP contribution is -2.22. The van der Waals surface area contributed by atoms with E-state index in [-0.39, 0.29) is 11.2 Å². The van der Waals surface area contributed by atoms with Crippen molar-refractivity contribution in [3.63, 3.8) is 0 Å². The Bertz CT molecular complexity index is 864. The van der Waals surface area contributed by atoms with Crippen molar-refractivity contribution in [3.8, 4) is 5.75 Å². The van der Waals surface area contributed by atoms with E-state index < -0.39 is 0 Å². The molecule has 3 aromatic rings. The molecule has 0 saturated carbocycles. The smallest absolute Gasteiger partial charge is 0.257 e. The first-order valence-corrected chi connectivity index (χ1v) is 8.48. The first-order valence-electron chi connectivity index (χ1n) is 7.23. The quantitative estimate of drug-likeness (QED) is 0.671. The van der Waals surface area contributed by atoms with Crippen LogP contribution < -0.4 is 10.1 Å². The van der Waals surface area contributed by atoms with Crippen molar-refractivity contribution >= 4 is 46.1 Å². The molecule has 1 N–H and O–H groups in total. The zero-order chi connectivity index (χ0) is 17.1. The minimum absolute atomic E-state index is 0.134. The molecule has 1 heterocycles. The van der Waals surface area contributed by atoms with Crippen molar-refractivity contribution < 1.29 is 13.9 Å². The van der Waals surface area contributed by atoms with Gasteiger partial charge in [0.05, 0.1) is 12.4 Å². The van der Waals surface area contributed by atoms with Gasteiger partial charge in [0, 0.05) is 16.8 Å². The fourth-order valence-electron chi connectivity index (χ4n) is 2.05. The Kier molecular flexibility index (Phi) is 4.97. The van der Waals surface area contributed by atoms with Gasteiger partial charge in [-0.2, -0.15) is 0 Å². The van der Waals surface area contributed by atoms with Crippen molar-refractivity contribution in [3.05, 3.63) is 47.5 Å². The van der Waals surface area contributed by atoms with Crippen LogP contribution in [0.1, 0.15) is 6.92 Å². The molecule has 5 nitrogen and oxygen atoms in total. The lowest BCUT2D eigenvalue weighted by Gasteiger charge is -2.10. The largest absolute Gasteiger partial charge is 0.497 e. The molecule has 0 radical (unpaired) electrons. The molecule has 24 heavy (non-hydrogen) atoms. The van der Waals surface area contributed by atoms with E-state index in [9.17, 15) is 4.79 Å². The van der Waals surface area contributed by atoms with Gasteiger partial charge in [-0.25, -0.2) is 4.98 Å². The standard InChI is InChI=1S/C17H15ClN2O3S/c1-10(16(21)19-12-4-6-13(22-2)7-5-12)24-17-20-14-8-3-11(18)9-15(14)23-17/h3-10H,1-2H3,(H,19,21)/t10-/m1/s1. The Morgan fingerprint density at radius 1 is 1.29 bits per heavy atom. The van der Waals surface area contributed by atoms with Gasteiger partial charge in [0.15, 0.2) is 5.58 Å². The average molecular weight is 363 g/mol. The number of hydrogen-bond acceptors (Lipinski definition) is 5. The first-order chi connectivity index (χ1) is 11.5. The second-order valence-electron chi connectivity index (χ2n) is 5.07. The number of fused-ring (bicyclic) bond motifs is 1. The van der Waals surface area contributed by atoms with Gasteiger partial charge in [-0.1, -0.05) is 23.4 Å². The van der Waals surface area contributed by atoms with Crippen molar-refractivity contribution in [1.82, 2.24) is 4.98 Å². The number of anilines is 1. The Morgan fingerprint density at radius 3 is 2.75 bits per heavy atom. The molecule has 0 unspecified atom stereocenters. The van der Waals surface area contributed by atoms with Gasteiger partial charge in [-0.3, -0.25) is 4.79 Å². The van der Waals surface area contributed by atoms with Crippen LogP contribution in [-0.2, 0) is 4.79 Å². The Labute approximate surface area is 148 Å². The number of thioether (sulfide) groups is 1. The molecule has 1 atom stereocenters. The molecule has 0 spiro atoms. The van der Waals surface area contributed by atoms with Crippen molar-refractivity contribution in [1.29, 1.82) is 0 Å². The number of benzene rings is 2. The number of carbonyl (C=O) groups is 1. The molecule has 124 valence electrons. The lowest BCUT2D eigenvalue weighted by molar-refractivity contribution is -0.115. The topological polar surface area (TPSA) is 64.4 Å². The molecule has 1 aromatic heterocycles. The van der Waals surface area contributed by atoms with E-state index in [0.29, 0.717) is 27.0 Å². The van der Waals surface area contributed by atoms with E-state index in [4.69, 9.17) is 20.8 Å². The summed E-state index contributed by atoms with van der Waals surface area (Å²) >= 11 is 7.18. The first kappa shape index (κ1) is 16.7. The zero-order valence-electron chi connectivity index (χ0n) is 13.1. The molecule has 0 aliphatic carbocycles. The van der Waals surface area contributed by atoms with Gasteiger partial charge in [-0.05, 0) is 43.3 Å². The zero-order valence-corrected chi connectivity index (χ0v) is 14.6. The predicted molar refractivity (Wildman–Crippen MR) is 96.0 cm³/mol. The van der Waals surface area contributed by atoms with E-state index in [1.54, 1.807) is 56.5 Å². The highest BCUT2D eigenvalue weighted by molar-refractivity contribution is 8.00. The highest BCUT2D eigenvalue weighted by Crippen LogP contribution is 2.28. The van der Waals surface area contributed by atoms with E-state index in [0.717, 1.165) is 5.75 Å². The maximum absolute atomic E-state index is 12.3. The summed E-state index contributed by atoms with van der Waals surface area (Å²) in [4.78, 5) is 16.6. The summed E-state index contributed by atoms with van der Waals surface area (Å²) in [5.41, 5.74) is 2.02. The molecule has 0 bridgehead atoms. The van der Waals surface area contributed by atoms with Gasteiger partial charge in [0.1, 0.15) is 11.3 Å². The van der Waals surface area contributed by atoms with Crippen molar-refractivity contribution in [2.24, 2.45) is 0 Å². The van der Waals surface area contributed by atoms with Crippen LogP contribution >= 0.6 is 23.4 Å². The molecule has 7 heteroatoms. The average Bonchev–Trinajstić information content (AvgIpc) is 2.96. The number of nitrogens with one attached hydrogen (secondary N) is 1. The monoisotopic (exact) mass is 362 g/mol. The number of methoxy groups -OCH3 is 1. The second-order valence-corrected chi connectivity index (χ2v) is 6.80. The number of oxazole rings is 1. The molecule has 1 amide bonds. The number of nitrogens with zero attached hydrogens (tertiary/aromatic N) is 1. The molecule has 0 aliphatic rings. The Morgan fingerprint density at radius 2 is 2.04 bits per heavy atom. The number of ether oxygens (including phenoxy) is 1. The summed E-state index contributed by atoms with van der Waals surface area (Å²) in [6, 6.07) is 12.4. The molecule has 0 saturated heterocycles. The summed E-state index contributed by atoms with van der Waals surface area (Å²) in [5, 5.41) is 3.50. The van der Waals surface area contributed by atoms with E-state index in [2.05, 4.69) is 10.3 Å². The highest BCUT2D eigenvalue weighted by Gasteiger charge is 2.18. The van der Waals surface area contributed by atoms with Gasteiger partial charge in [0.25, 0.3) is 5.22 Å². The van der Waals surface area contributed by atoms with E-state index in [1.165, 1.54) is 11.8 Å². The SMILES string of the molecule is COc1ccc(NC(=O)[C@@H](C)Sc2nc3ccc(Cl)cc3o2)cc1. The lowest BCUT2D eigenvalue weighted by atomic mass is 10.3. The van der Waals surface area contributed by atoms with Crippen LogP contribution in [0.4, 0.5) is 5.69 Å². The summed E-state index contributed by atoms with van der Waals surface area (Å²) in [6.07, 6.45) is 0. The predicted octanol–water partition coefficient (Wildman–Crippen LogP) is 4.61. The molecular weight excluding hydrogens is 348 g/mol. The van der Waals surface area contributed by atoms with Crippen LogP contribution in [0.5, 0.6) is 5.75 Å². The highest BCUT2D eigenvalue weighted by atomic mass is 35.5. The molecule has 2 aromatic carbocycles. The number of aromatic nitrogens is 1. The van der Waals surface area contributed by atoms with Crippen LogP contribution in [0.2, 0.25) is 5.02 Å². The number of halogens is 1. The summed E-state index contributed by atoms with van der Waals surface area (Å²) in [5.74, 6) is 0.603. The van der Waals surface area contributed by atoms with Crippen LogP contribution in [0.25, 0.3) is 11.1 Å². The van der Waals surface area contributed by atoms with E-state index >= 15 is 0 Å². The summed E-state index contributed by atoms with van der Waals surface area (Å²) in [6.45, 7) is 1.80. The van der Waals surface area contributed by atoms with Gasteiger partial charge in [-0.15, -0.1) is 0 Å². The van der Waals surface area contributed by atoms with Gasteiger partial charge < -0.3 is 14.5 Å². The van der Waals surface area contributed by atoms with Gasteiger partial charge >= 0.3 is 0 Å². The Balaban J connectivity index is 1.65. The molecular formula is C17H15ClN2O3S. The number of carbonyl (C=O) groups excluding carboxylic acids is 1. The normalized spacial score (nSPS) is 12.1. The summed E-state index contributed by atoms with van der Waals surface area (Å²) in [7, 11) is 1.60. The number of rotatable bonds is 5. The van der Waals surface area contributed by atoms with Crippen molar-refractivity contribution in [2.45, 2.75) is 17.4 Å². The minimum atomic E-state index is -0.365. The van der Waals surface area contributed by atoms with Crippen LogP contribution in [0, 0.1) is 0 Å². The third-order valence-corrected chi connectivity index (χ3v) is 4.51. The van der Waals surface area contributed by atoms with Crippen molar-refractivity contribution in [2.75, 3.05) is 12.4 Å². The van der Waals surface area contributed by atoms with Crippen LogP contribution in [-0.4, -0.2) is 23.3 Å². The van der Waals surface area contributed by atoms with E-state index in [1.807, 2.05) is 0 Å². The number of hydrogen-bond donors (Lipinski definition) is 1. The fourth-order valence-corrected chi connectivity index (χ4v) is 2.97. The fraction of sp³-hybridized carbons (Fsp3) is 0.176. The minimum Gasteiger partial charge on any atom is -0.497 e. The second kappa shape index (κ2) is 7.15. The Hall–Kier alpha value is -2.18. The van der Waals surface area contributed by atoms with Gasteiger partial charge in [0.2, 0.25) is 5.91 Å². The third-order valence-electron chi connectivity index (χ3n) is 3.34. The summed E-state index contributed by atoms with van der Waals surface area (Å²) < 4.78 is 10.7. The third kappa shape index (κ3) is 3.83. The molecule has 0 fully saturated rings. The maximum Gasteiger partial charge on any atom is 0.257 e.